The summed E-state index contributed by atoms with van der Waals surface area (Å²) in [6.45, 7) is 4.03. The topological polar surface area (TPSA) is 87.0 Å². The van der Waals surface area contributed by atoms with Gasteiger partial charge in [-0.15, -0.1) is 0 Å². The van der Waals surface area contributed by atoms with Crippen LogP contribution in [-0.4, -0.2) is 32.0 Å². The fraction of sp³-hybridized carbons (Fsp3) is 0.107. The molecule has 0 spiro atoms. The lowest BCUT2D eigenvalue weighted by Gasteiger charge is -2.15. The quantitative estimate of drug-likeness (QED) is 0.268. The fourth-order valence-corrected chi connectivity index (χ4v) is 3.33. The first-order chi connectivity index (χ1) is 16.6. The standard InChI is InChI=1S/C21H17N3O2.C7H9N/c1-14(11-22)12-23-21-18-10-16(19-5-3-4-17(13-25)24-19)7-6-15(18)8-9-20(21)26-2;1-8-7-5-3-2-4-6-7/h3-10,13,23H,1,12H2,2H3;2-6,8H,1H3. The molecule has 0 unspecified atom stereocenters. The van der Waals surface area contributed by atoms with Crippen LogP contribution in [0.2, 0.25) is 0 Å². The summed E-state index contributed by atoms with van der Waals surface area (Å²) in [5, 5.41) is 17.2. The average molecular weight is 451 g/mol. The Labute approximate surface area is 199 Å². The summed E-state index contributed by atoms with van der Waals surface area (Å²) >= 11 is 0. The van der Waals surface area contributed by atoms with Crippen molar-refractivity contribution in [3.63, 3.8) is 0 Å². The fourth-order valence-electron chi connectivity index (χ4n) is 3.33. The minimum Gasteiger partial charge on any atom is -0.495 e. The first-order valence-corrected chi connectivity index (χ1v) is 10.7. The van der Waals surface area contributed by atoms with Gasteiger partial charge in [-0.1, -0.05) is 49.0 Å². The molecule has 2 N–H and O–H groups in total. The van der Waals surface area contributed by atoms with E-state index in [-0.39, 0.29) is 0 Å². The Morgan fingerprint density at radius 2 is 1.85 bits per heavy atom. The third-order valence-corrected chi connectivity index (χ3v) is 5.09. The number of fused-ring (bicyclic) bond motifs is 1. The molecular weight excluding hydrogens is 424 g/mol. The monoisotopic (exact) mass is 450 g/mol. The van der Waals surface area contributed by atoms with Crippen LogP contribution in [0.15, 0.2) is 91.0 Å². The summed E-state index contributed by atoms with van der Waals surface area (Å²) in [5.74, 6) is 0.676. The molecule has 6 heteroatoms. The summed E-state index contributed by atoms with van der Waals surface area (Å²) in [7, 11) is 3.51. The van der Waals surface area contributed by atoms with Gasteiger partial charge in [-0.05, 0) is 41.8 Å². The second-order valence-corrected chi connectivity index (χ2v) is 7.33. The van der Waals surface area contributed by atoms with Crippen LogP contribution in [0.4, 0.5) is 11.4 Å². The Bertz CT molecular complexity index is 1330. The van der Waals surface area contributed by atoms with Gasteiger partial charge in [0.2, 0.25) is 0 Å². The van der Waals surface area contributed by atoms with E-state index in [1.54, 1.807) is 19.2 Å². The number of rotatable bonds is 7. The molecule has 1 aromatic heterocycles. The molecule has 0 aliphatic rings. The average Bonchev–Trinajstić information content (AvgIpc) is 2.91. The van der Waals surface area contributed by atoms with E-state index in [0.29, 0.717) is 29.3 Å². The lowest BCUT2D eigenvalue weighted by Crippen LogP contribution is -2.05. The van der Waals surface area contributed by atoms with E-state index < -0.39 is 0 Å². The molecule has 4 aromatic rings. The normalized spacial score (nSPS) is 9.79. The van der Waals surface area contributed by atoms with Gasteiger partial charge in [0, 0.05) is 35.8 Å². The van der Waals surface area contributed by atoms with Crippen LogP contribution in [0.25, 0.3) is 22.0 Å². The number of nitriles is 1. The SMILES string of the molecule is C=C(C#N)CNc1c(OC)ccc2ccc(-c3cccc(C=O)n3)cc12.CNc1ccccc1. The lowest BCUT2D eigenvalue weighted by molar-refractivity contribution is 0.111. The van der Waals surface area contributed by atoms with Crippen molar-refractivity contribution in [2.45, 2.75) is 0 Å². The number of pyridine rings is 1. The number of hydrogen-bond acceptors (Lipinski definition) is 6. The van der Waals surface area contributed by atoms with Crippen LogP contribution in [0.3, 0.4) is 0 Å². The molecule has 0 amide bonds. The molecular formula is C28H26N4O2. The van der Waals surface area contributed by atoms with Crippen molar-refractivity contribution in [3.05, 3.63) is 96.7 Å². The number of carbonyl (C=O) groups excluding carboxylic acids is 1. The molecule has 0 saturated carbocycles. The Kier molecular flexibility index (Phi) is 8.36. The van der Waals surface area contributed by atoms with Gasteiger partial charge in [-0.25, -0.2) is 4.98 Å². The molecule has 0 atom stereocenters. The van der Waals surface area contributed by atoms with Crippen molar-refractivity contribution in [1.82, 2.24) is 4.98 Å². The number of benzene rings is 3. The minimum atomic E-state index is 0.328. The highest BCUT2D eigenvalue weighted by molar-refractivity contribution is 5.99. The van der Waals surface area contributed by atoms with Crippen molar-refractivity contribution in [1.29, 1.82) is 5.26 Å². The van der Waals surface area contributed by atoms with Gasteiger partial charge in [0.15, 0.2) is 6.29 Å². The zero-order valence-electron chi connectivity index (χ0n) is 19.2. The van der Waals surface area contributed by atoms with Gasteiger partial charge in [-0.3, -0.25) is 4.79 Å². The predicted molar refractivity (Wildman–Crippen MR) is 138 cm³/mol. The van der Waals surface area contributed by atoms with Gasteiger partial charge < -0.3 is 15.4 Å². The molecule has 0 fully saturated rings. The summed E-state index contributed by atoms with van der Waals surface area (Å²) in [6.07, 6.45) is 0.730. The third-order valence-electron chi connectivity index (χ3n) is 5.09. The number of aromatic nitrogens is 1. The highest BCUT2D eigenvalue weighted by Gasteiger charge is 2.11. The molecule has 34 heavy (non-hydrogen) atoms. The molecule has 0 saturated heterocycles. The van der Waals surface area contributed by atoms with E-state index in [4.69, 9.17) is 10.00 Å². The Morgan fingerprint density at radius 3 is 2.50 bits per heavy atom. The maximum atomic E-state index is 11.0. The summed E-state index contributed by atoms with van der Waals surface area (Å²) in [4.78, 5) is 15.3. The molecule has 6 nitrogen and oxygen atoms in total. The summed E-state index contributed by atoms with van der Waals surface area (Å²) in [6, 6.07) is 27.2. The number of carbonyl (C=O) groups is 1. The molecule has 0 bridgehead atoms. The minimum absolute atomic E-state index is 0.328. The first kappa shape index (κ1) is 24.0. The number of para-hydroxylation sites is 1. The van der Waals surface area contributed by atoms with Crippen molar-refractivity contribution >= 4 is 28.4 Å². The largest absolute Gasteiger partial charge is 0.495 e. The molecule has 1 heterocycles. The van der Waals surface area contributed by atoms with Gasteiger partial charge in [-0.2, -0.15) is 5.26 Å². The van der Waals surface area contributed by atoms with E-state index in [0.717, 1.165) is 34.0 Å². The molecule has 0 aliphatic heterocycles. The number of methoxy groups -OCH3 is 1. The van der Waals surface area contributed by atoms with Gasteiger partial charge >= 0.3 is 0 Å². The number of hydrogen-bond donors (Lipinski definition) is 2. The maximum Gasteiger partial charge on any atom is 0.168 e. The first-order valence-electron chi connectivity index (χ1n) is 10.7. The van der Waals surface area contributed by atoms with Crippen molar-refractivity contribution in [3.8, 4) is 23.1 Å². The number of nitrogens with zero attached hydrogens (tertiary/aromatic N) is 2. The molecule has 3 aromatic carbocycles. The van der Waals surface area contributed by atoms with Crippen LogP contribution >= 0.6 is 0 Å². The van der Waals surface area contributed by atoms with Crippen molar-refractivity contribution in [2.24, 2.45) is 0 Å². The van der Waals surface area contributed by atoms with Gasteiger partial charge in [0.05, 0.1) is 24.6 Å². The number of ether oxygens (including phenoxy) is 1. The molecule has 4 rings (SSSR count). The third kappa shape index (κ3) is 5.99. The number of aldehydes is 1. The molecule has 0 aliphatic carbocycles. The Balaban J connectivity index is 0.000000343. The Hall–Kier alpha value is -4.63. The van der Waals surface area contributed by atoms with E-state index in [1.165, 1.54) is 0 Å². The highest BCUT2D eigenvalue weighted by atomic mass is 16.5. The second-order valence-electron chi connectivity index (χ2n) is 7.33. The second kappa shape index (κ2) is 11.8. The molecule has 0 radical (unpaired) electrons. The smallest absolute Gasteiger partial charge is 0.168 e. The van der Waals surface area contributed by atoms with Crippen LogP contribution in [-0.2, 0) is 0 Å². The van der Waals surface area contributed by atoms with E-state index in [2.05, 4.69) is 22.2 Å². The zero-order valence-corrected chi connectivity index (χ0v) is 19.2. The highest BCUT2D eigenvalue weighted by Crippen LogP contribution is 2.35. The molecule has 170 valence electrons. The van der Waals surface area contributed by atoms with Gasteiger partial charge in [0.25, 0.3) is 0 Å². The number of anilines is 2. The lowest BCUT2D eigenvalue weighted by atomic mass is 10.0. The van der Waals surface area contributed by atoms with Crippen LogP contribution in [0.5, 0.6) is 5.75 Å². The number of nitrogens with one attached hydrogen (secondary N) is 2. The zero-order chi connectivity index (χ0) is 24.3. The predicted octanol–water partition coefficient (Wildman–Crippen LogP) is 5.94. The van der Waals surface area contributed by atoms with E-state index >= 15 is 0 Å². The van der Waals surface area contributed by atoms with Crippen molar-refractivity contribution < 1.29 is 9.53 Å². The van der Waals surface area contributed by atoms with Crippen molar-refractivity contribution in [2.75, 3.05) is 31.3 Å². The summed E-state index contributed by atoms with van der Waals surface area (Å²) in [5.41, 5.74) is 4.36. The van der Waals surface area contributed by atoms with E-state index in [9.17, 15) is 4.79 Å². The van der Waals surface area contributed by atoms with Gasteiger partial charge in [0.1, 0.15) is 11.4 Å². The maximum absolute atomic E-state index is 11.0. The summed E-state index contributed by atoms with van der Waals surface area (Å²) < 4.78 is 5.46. The van der Waals surface area contributed by atoms with Crippen LogP contribution in [0, 0.1) is 11.3 Å². The van der Waals surface area contributed by atoms with E-state index in [1.807, 2.05) is 79.8 Å². The Morgan fingerprint density at radius 1 is 1.09 bits per heavy atom. The van der Waals surface area contributed by atoms with Crippen LogP contribution < -0.4 is 15.4 Å². The van der Waals surface area contributed by atoms with Crippen LogP contribution in [0.1, 0.15) is 10.5 Å².